The summed E-state index contributed by atoms with van der Waals surface area (Å²) >= 11 is 0. The van der Waals surface area contributed by atoms with E-state index in [0.717, 1.165) is 75.0 Å². The molecule has 4 aromatic rings. The number of rotatable bonds is 10. The lowest BCUT2D eigenvalue weighted by Crippen LogP contribution is -2.46. The minimum atomic E-state index is -0.171. The maximum absolute atomic E-state index is 12.4. The maximum Gasteiger partial charge on any atom is 0.287 e. The summed E-state index contributed by atoms with van der Waals surface area (Å²) in [6.07, 6.45) is 5.40. The third kappa shape index (κ3) is 6.01. The number of carbonyl (C=O) groups is 1. The van der Waals surface area contributed by atoms with E-state index in [1.807, 2.05) is 49.3 Å². The first-order chi connectivity index (χ1) is 18.5. The first kappa shape index (κ1) is 25.8. The predicted molar refractivity (Wildman–Crippen MR) is 152 cm³/mol. The van der Waals surface area contributed by atoms with Crippen LogP contribution in [0.3, 0.4) is 0 Å². The Kier molecular flexibility index (Phi) is 7.97. The Bertz CT molecular complexity index is 1440. The van der Waals surface area contributed by atoms with Crippen molar-refractivity contribution in [2.24, 2.45) is 0 Å². The van der Waals surface area contributed by atoms with E-state index in [9.17, 15) is 10.1 Å². The number of carbonyl (C=O) groups excluding carboxylic acids is 1. The molecule has 1 amide bonds. The van der Waals surface area contributed by atoms with Crippen molar-refractivity contribution >= 4 is 33.5 Å². The summed E-state index contributed by atoms with van der Waals surface area (Å²) in [5.41, 5.74) is 5.02. The zero-order chi connectivity index (χ0) is 26.5. The fourth-order valence-corrected chi connectivity index (χ4v) is 5.15. The van der Waals surface area contributed by atoms with Crippen LogP contribution in [0.2, 0.25) is 0 Å². The second kappa shape index (κ2) is 11.7. The van der Waals surface area contributed by atoms with Crippen molar-refractivity contribution in [1.82, 2.24) is 20.1 Å². The van der Waals surface area contributed by atoms with Crippen molar-refractivity contribution in [2.75, 3.05) is 64.8 Å². The largest absolute Gasteiger partial charge is 0.451 e. The van der Waals surface area contributed by atoms with E-state index < -0.39 is 0 Å². The Morgan fingerprint density at radius 1 is 1.11 bits per heavy atom. The van der Waals surface area contributed by atoms with Crippen molar-refractivity contribution in [3.8, 4) is 6.07 Å². The molecule has 0 unspecified atom stereocenters. The highest BCUT2D eigenvalue weighted by molar-refractivity contribution is 5.96. The summed E-state index contributed by atoms with van der Waals surface area (Å²) in [5, 5.41) is 14.2. The summed E-state index contributed by atoms with van der Waals surface area (Å²) in [5.74, 6) is 0.189. The number of amides is 1. The lowest BCUT2D eigenvalue weighted by atomic mass is 10.1. The number of unbranched alkanes of at least 4 members (excludes halogenated alkanes) is 1. The van der Waals surface area contributed by atoms with Crippen molar-refractivity contribution in [3.63, 3.8) is 0 Å². The standard InChI is InChI=1S/C30H36N6O2/c1-34(2)12-10-32-30(37)29-19-24-18-25(7-9-28(24)38-29)36-15-13-35(14-16-36)11-4-3-5-23-21-33-27-8-6-22(20-31)17-26(23)27/h6-9,17-19,21,33H,3-5,10-16H2,1-2H3,(H,32,37). The van der Waals surface area contributed by atoms with Gasteiger partial charge in [-0.1, -0.05) is 0 Å². The number of benzene rings is 2. The van der Waals surface area contributed by atoms with E-state index in [0.29, 0.717) is 17.9 Å². The monoisotopic (exact) mass is 512 g/mol. The van der Waals surface area contributed by atoms with E-state index >= 15 is 0 Å². The van der Waals surface area contributed by atoms with Gasteiger partial charge in [0.15, 0.2) is 5.76 Å². The fraction of sp³-hybridized carbons (Fsp3) is 0.400. The van der Waals surface area contributed by atoms with Crippen LogP contribution < -0.4 is 10.2 Å². The number of aromatic nitrogens is 1. The van der Waals surface area contributed by atoms with Crippen molar-refractivity contribution in [3.05, 3.63) is 65.5 Å². The highest BCUT2D eigenvalue weighted by Crippen LogP contribution is 2.26. The molecule has 1 saturated heterocycles. The number of likely N-dealkylation sites (N-methyl/N-ethyl adjacent to an activating group) is 1. The molecule has 8 nitrogen and oxygen atoms in total. The molecule has 0 bridgehead atoms. The first-order valence-electron chi connectivity index (χ1n) is 13.4. The fourth-order valence-electron chi connectivity index (χ4n) is 5.15. The van der Waals surface area contributed by atoms with E-state index in [-0.39, 0.29) is 5.91 Å². The average Bonchev–Trinajstić information content (AvgIpc) is 3.54. The van der Waals surface area contributed by atoms with E-state index in [4.69, 9.17) is 4.42 Å². The second-order valence-corrected chi connectivity index (χ2v) is 10.4. The Labute approximate surface area is 223 Å². The van der Waals surface area contributed by atoms with Gasteiger partial charge in [0.25, 0.3) is 5.91 Å². The molecule has 1 aliphatic rings. The summed E-state index contributed by atoms with van der Waals surface area (Å²) < 4.78 is 5.80. The molecule has 0 spiro atoms. The van der Waals surface area contributed by atoms with Crippen LogP contribution >= 0.6 is 0 Å². The predicted octanol–water partition coefficient (Wildman–Crippen LogP) is 4.22. The summed E-state index contributed by atoms with van der Waals surface area (Å²) in [6, 6.07) is 16.1. The molecule has 3 heterocycles. The highest BCUT2D eigenvalue weighted by atomic mass is 16.3. The maximum atomic E-state index is 12.4. The van der Waals surface area contributed by atoms with Crippen molar-refractivity contribution in [2.45, 2.75) is 19.3 Å². The number of H-pyrrole nitrogens is 1. The van der Waals surface area contributed by atoms with E-state index in [1.165, 1.54) is 16.6 Å². The smallest absolute Gasteiger partial charge is 0.287 e. The van der Waals surface area contributed by atoms with Gasteiger partial charge in [-0.2, -0.15) is 5.26 Å². The van der Waals surface area contributed by atoms with Gasteiger partial charge in [0, 0.05) is 67.4 Å². The number of nitrogens with zero attached hydrogens (tertiary/aromatic N) is 4. The lowest BCUT2D eigenvalue weighted by molar-refractivity contribution is 0.0925. The minimum absolute atomic E-state index is 0.171. The molecule has 2 aromatic carbocycles. The van der Waals surface area contributed by atoms with Crippen molar-refractivity contribution in [1.29, 1.82) is 5.26 Å². The van der Waals surface area contributed by atoms with Crippen LogP contribution in [-0.2, 0) is 6.42 Å². The number of nitriles is 1. The molecule has 0 saturated carbocycles. The second-order valence-electron chi connectivity index (χ2n) is 10.4. The molecule has 2 N–H and O–H groups in total. The Morgan fingerprint density at radius 3 is 2.74 bits per heavy atom. The lowest BCUT2D eigenvalue weighted by Gasteiger charge is -2.36. The first-order valence-corrected chi connectivity index (χ1v) is 13.4. The van der Waals surface area contributed by atoms with Gasteiger partial charge in [-0.3, -0.25) is 9.69 Å². The van der Waals surface area contributed by atoms with Gasteiger partial charge in [0.2, 0.25) is 0 Å². The Morgan fingerprint density at radius 2 is 1.95 bits per heavy atom. The number of hydrogen-bond donors (Lipinski definition) is 2. The summed E-state index contributed by atoms with van der Waals surface area (Å²) in [7, 11) is 3.96. The molecule has 0 atom stereocenters. The van der Waals surface area contributed by atoms with Crippen molar-refractivity contribution < 1.29 is 9.21 Å². The van der Waals surface area contributed by atoms with E-state index in [2.05, 4.69) is 44.5 Å². The average molecular weight is 513 g/mol. The van der Waals surface area contributed by atoms with Gasteiger partial charge >= 0.3 is 0 Å². The topological polar surface area (TPSA) is 91.5 Å². The van der Waals surface area contributed by atoms with Crippen LogP contribution in [0, 0.1) is 11.3 Å². The van der Waals surface area contributed by atoms with Gasteiger partial charge in [-0.15, -0.1) is 0 Å². The van der Waals surface area contributed by atoms with Gasteiger partial charge in [0.05, 0.1) is 11.6 Å². The number of piperazine rings is 1. The van der Waals surface area contributed by atoms with Gasteiger partial charge in [-0.05, 0) is 87.9 Å². The quantitative estimate of drug-likeness (QED) is 0.309. The molecule has 1 fully saturated rings. The van der Waals surface area contributed by atoms with Crippen LogP contribution in [0.25, 0.3) is 21.9 Å². The zero-order valence-corrected chi connectivity index (χ0v) is 22.3. The third-order valence-electron chi connectivity index (χ3n) is 7.37. The molecule has 1 aliphatic heterocycles. The van der Waals surface area contributed by atoms with Gasteiger partial charge in [-0.25, -0.2) is 0 Å². The van der Waals surface area contributed by atoms with Crippen LogP contribution in [0.4, 0.5) is 5.69 Å². The Hall–Kier alpha value is -3.80. The van der Waals surface area contributed by atoms with Crippen LogP contribution in [0.1, 0.15) is 34.5 Å². The number of nitrogens with one attached hydrogen (secondary N) is 2. The molecule has 0 radical (unpaired) electrons. The number of fused-ring (bicyclic) bond motifs is 2. The van der Waals surface area contributed by atoms with Crippen LogP contribution in [0.5, 0.6) is 0 Å². The molecular formula is C30H36N6O2. The molecule has 5 rings (SSSR count). The number of hydrogen-bond acceptors (Lipinski definition) is 6. The van der Waals surface area contributed by atoms with Gasteiger partial charge < -0.3 is 24.5 Å². The molecule has 2 aromatic heterocycles. The zero-order valence-electron chi connectivity index (χ0n) is 22.3. The number of aryl methyl sites for hydroxylation is 1. The molecule has 38 heavy (non-hydrogen) atoms. The molecular weight excluding hydrogens is 476 g/mol. The van der Waals surface area contributed by atoms with Crippen LogP contribution in [-0.4, -0.2) is 80.6 Å². The molecule has 8 heteroatoms. The van der Waals surface area contributed by atoms with Gasteiger partial charge in [0.1, 0.15) is 5.58 Å². The van der Waals surface area contributed by atoms with Crippen LogP contribution in [0.15, 0.2) is 53.1 Å². The third-order valence-corrected chi connectivity index (χ3v) is 7.37. The Balaban J connectivity index is 1.08. The highest BCUT2D eigenvalue weighted by Gasteiger charge is 2.19. The normalized spacial score (nSPS) is 14.4. The van der Waals surface area contributed by atoms with E-state index in [1.54, 1.807) is 0 Å². The number of anilines is 1. The summed E-state index contributed by atoms with van der Waals surface area (Å²) in [6.45, 7) is 6.54. The minimum Gasteiger partial charge on any atom is -0.451 e. The number of aromatic amines is 1. The SMILES string of the molecule is CN(C)CCNC(=O)c1cc2cc(N3CCN(CCCCc4c[nH]c5ccc(C#N)cc45)CC3)ccc2o1. The molecule has 198 valence electrons. The molecule has 0 aliphatic carbocycles. The summed E-state index contributed by atoms with van der Waals surface area (Å²) in [4.78, 5) is 22.7. The number of furan rings is 1.